The van der Waals surface area contributed by atoms with E-state index >= 15 is 0 Å². The van der Waals surface area contributed by atoms with E-state index in [4.69, 9.17) is 4.42 Å². The summed E-state index contributed by atoms with van der Waals surface area (Å²) in [7, 11) is 3.73. The number of pyridine rings is 1. The van der Waals surface area contributed by atoms with Crippen LogP contribution in [0.1, 0.15) is 35.8 Å². The van der Waals surface area contributed by atoms with E-state index in [-0.39, 0.29) is 11.9 Å². The number of fused-ring (bicyclic) bond motifs is 1. The first-order valence-corrected chi connectivity index (χ1v) is 8.62. The molecule has 0 bridgehead atoms. The van der Waals surface area contributed by atoms with Gasteiger partial charge in [0.1, 0.15) is 5.69 Å². The quantitative estimate of drug-likeness (QED) is 0.731. The highest BCUT2D eigenvalue weighted by Gasteiger charge is 2.33. The van der Waals surface area contributed by atoms with Gasteiger partial charge in [0, 0.05) is 20.1 Å². The third-order valence-electron chi connectivity index (χ3n) is 5.21. The molecule has 3 aromatic heterocycles. The fourth-order valence-corrected chi connectivity index (χ4v) is 3.43. The average molecular weight is 338 g/mol. The molecule has 0 radical (unpaired) electrons. The number of amides is 1. The van der Waals surface area contributed by atoms with Crippen molar-refractivity contribution < 1.29 is 9.21 Å². The summed E-state index contributed by atoms with van der Waals surface area (Å²) in [5, 5.41) is 5.28. The van der Waals surface area contributed by atoms with Crippen molar-refractivity contribution in [2.45, 2.75) is 32.7 Å². The van der Waals surface area contributed by atoms with Gasteiger partial charge in [0.25, 0.3) is 5.91 Å². The maximum Gasteiger partial charge on any atom is 0.254 e. The van der Waals surface area contributed by atoms with Crippen molar-refractivity contribution in [1.29, 1.82) is 0 Å². The van der Waals surface area contributed by atoms with Crippen LogP contribution in [0.2, 0.25) is 0 Å². The molecule has 4 rings (SSSR count). The van der Waals surface area contributed by atoms with Gasteiger partial charge in [-0.15, -0.1) is 0 Å². The molecule has 25 heavy (non-hydrogen) atoms. The Morgan fingerprint density at radius 3 is 2.84 bits per heavy atom. The SMILES string of the molecule is Cc1nn(C)c2nc(-c3ccco3)cc(C(=O)N(C)C(C)C3CC3)c12. The van der Waals surface area contributed by atoms with Gasteiger partial charge in [-0.2, -0.15) is 5.10 Å². The second-order valence-electron chi connectivity index (χ2n) is 6.93. The van der Waals surface area contributed by atoms with E-state index in [1.54, 1.807) is 10.9 Å². The molecule has 1 fully saturated rings. The molecule has 130 valence electrons. The Hall–Kier alpha value is -2.63. The normalized spacial score (nSPS) is 15.5. The Labute approximate surface area is 146 Å². The minimum Gasteiger partial charge on any atom is -0.463 e. The Kier molecular flexibility index (Phi) is 3.63. The van der Waals surface area contributed by atoms with Gasteiger partial charge in [0.05, 0.1) is 22.9 Å². The zero-order chi connectivity index (χ0) is 17.7. The zero-order valence-electron chi connectivity index (χ0n) is 15.0. The molecule has 0 N–H and O–H groups in total. The van der Waals surface area contributed by atoms with Crippen molar-refractivity contribution in [2.24, 2.45) is 13.0 Å². The summed E-state index contributed by atoms with van der Waals surface area (Å²) in [6.45, 7) is 4.04. The lowest BCUT2D eigenvalue weighted by molar-refractivity contribution is 0.0729. The first-order chi connectivity index (χ1) is 12.0. The molecule has 3 aromatic rings. The molecule has 1 atom stereocenters. The van der Waals surface area contributed by atoms with Gasteiger partial charge in [-0.3, -0.25) is 9.48 Å². The van der Waals surface area contributed by atoms with Crippen molar-refractivity contribution >= 4 is 16.9 Å². The number of rotatable bonds is 4. The number of aromatic nitrogens is 3. The van der Waals surface area contributed by atoms with Gasteiger partial charge in [-0.1, -0.05) is 0 Å². The second kappa shape index (κ2) is 5.72. The van der Waals surface area contributed by atoms with Gasteiger partial charge >= 0.3 is 0 Å². The molecule has 0 aromatic carbocycles. The highest BCUT2D eigenvalue weighted by molar-refractivity contribution is 6.07. The minimum atomic E-state index is 0.00991. The topological polar surface area (TPSA) is 64.2 Å². The van der Waals surface area contributed by atoms with Crippen LogP contribution >= 0.6 is 0 Å². The van der Waals surface area contributed by atoms with Crippen molar-refractivity contribution in [1.82, 2.24) is 19.7 Å². The van der Waals surface area contributed by atoms with Crippen molar-refractivity contribution in [3.05, 3.63) is 35.7 Å². The Bertz CT molecular complexity index is 938. The fourth-order valence-electron chi connectivity index (χ4n) is 3.43. The maximum absolute atomic E-state index is 13.2. The van der Waals surface area contributed by atoms with Crippen LogP contribution < -0.4 is 0 Å². The molecule has 6 nitrogen and oxygen atoms in total. The summed E-state index contributed by atoms with van der Waals surface area (Å²) in [4.78, 5) is 19.8. The van der Waals surface area contributed by atoms with Crippen LogP contribution in [0.4, 0.5) is 0 Å². The molecule has 1 aliphatic carbocycles. The van der Waals surface area contributed by atoms with E-state index in [9.17, 15) is 4.79 Å². The lowest BCUT2D eigenvalue weighted by Crippen LogP contribution is -2.36. The summed E-state index contributed by atoms with van der Waals surface area (Å²) in [5.74, 6) is 1.27. The molecular weight excluding hydrogens is 316 g/mol. The molecule has 0 aliphatic heterocycles. The van der Waals surface area contributed by atoms with E-state index in [1.807, 2.05) is 44.1 Å². The van der Waals surface area contributed by atoms with Crippen molar-refractivity contribution in [3.8, 4) is 11.5 Å². The van der Waals surface area contributed by atoms with Crippen LogP contribution in [0.5, 0.6) is 0 Å². The number of nitrogens with zero attached hydrogens (tertiary/aromatic N) is 4. The third kappa shape index (κ3) is 2.62. The number of furan rings is 1. The van der Waals surface area contributed by atoms with E-state index in [0.29, 0.717) is 28.6 Å². The molecule has 3 heterocycles. The molecular formula is C19H22N4O2. The molecule has 0 saturated heterocycles. The van der Waals surface area contributed by atoms with Crippen LogP contribution in [0.3, 0.4) is 0 Å². The molecule has 1 unspecified atom stereocenters. The summed E-state index contributed by atoms with van der Waals surface area (Å²) in [6, 6.07) is 5.73. The highest BCUT2D eigenvalue weighted by atomic mass is 16.3. The highest BCUT2D eigenvalue weighted by Crippen LogP contribution is 2.36. The Morgan fingerprint density at radius 2 is 2.20 bits per heavy atom. The summed E-state index contributed by atoms with van der Waals surface area (Å²) in [5.41, 5.74) is 2.79. The summed E-state index contributed by atoms with van der Waals surface area (Å²) >= 11 is 0. The monoisotopic (exact) mass is 338 g/mol. The van der Waals surface area contributed by atoms with E-state index in [1.165, 1.54) is 12.8 Å². The van der Waals surface area contributed by atoms with E-state index < -0.39 is 0 Å². The van der Waals surface area contributed by atoms with Crippen molar-refractivity contribution in [3.63, 3.8) is 0 Å². The largest absolute Gasteiger partial charge is 0.463 e. The molecule has 1 aliphatic rings. The van der Waals surface area contributed by atoms with Gasteiger partial charge in [0.15, 0.2) is 11.4 Å². The van der Waals surface area contributed by atoms with Crippen LogP contribution in [-0.2, 0) is 7.05 Å². The first kappa shape index (κ1) is 15.9. The van der Waals surface area contributed by atoms with Crippen LogP contribution in [-0.4, -0.2) is 38.7 Å². The third-order valence-corrected chi connectivity index (χ3v) is 5.21. The number of hydrogen-bond acceptors (Lipinski definition) is 4. The van der Waals surface area contributed by atoms with Crippen LogP contribution in [0.15, 0.2) is 28.9 Å². The van der Waals surface area contributed by atoms with Gasteiger partial charge in [-0.05, 0) is 50.8 Å². The average Bonchev–Trinajstić information content (AvgIpc) is 3.23. The smallest absolute Gasteiger partial charge is 0.254 e. The summed E-state index contributed by atoms with van der Waals surface area (Å²) in [6.07, 6.45) is 4.01. The molecule has 1 saturated carbocycles. The number of carbonyl (C=O) groups is 1. The maximum atomic E-state index is 13.2. The van der Waals surface area contributed by atoms with Crippen molar-refractivity contribution in [2.75, 3.05) is 7.05 Å². The first-order valence-electron chi connectivity index (χ1n) is 8.62. The standard InChI is InChI=1S/C19H22N4O2/c1-11-17-14(19(24)22(3)12(2)13-7-8-13)10-15(16-6-5-9-25-16)20-18(17)23(4)21-11/h5-6,9-10,12-13H,7-8H2,1-4H3. The van der Waals surface area contributed by atoms with E-state index in [2.05, 4.69) is 17.0 Å². The fraction of sp³-hybridized carbons (Fsp3) is 0.421. The van der Waals surface area contributed by atoms with E-state index in [0.717, 1.165) is 11.1 Å². The Balaban J connectivity index is 1.87. The lowest BCUT2D eigenvalue weighted by Gasteiger charge is -2.25. The summed E-state index contributed by atoms with van der Waals surface area (Å²) < 4.78 is 7.21. The second-order valence-corrected chi connectivity index (χ2v) is 6.93. The lowest BCUT2D eigenvalue weighted by atomic mass is 10.1. The molecule has 0 spiro atoms. The number of hydrogen-bond donors (Lipinski definition) is 0. The molecule has 1 amide bonds. The van der Waals surface area contributed by atoms with Gasteiger partial charge < -0.3 is 9.32 Å². The van der Waals surface area contributed by atoms with Crippen LogP contribution in [0.25, 0.3) is 22.5 Å². The number of aryl methyl sites for hydroxylation is 2. The molecule has 6 heteroatoms. The minimum absolute atomic E-state index is 0.00991. The Morgan fingerprint density at radius 1 is 1.44 bits per heavy atom. The van der Waals surface area contributed by atoms with Crippen LogP contribution in [0, 0.1) is 12.8 Å². The zero-order valence-corrected chi connectivity index (χ0v) is 15.0. The van der Waals surface area contributed by atoms with Gasteiger partial charge in [0.2, 0.25) is 0 Å². The predicted octanol–water partition coefficient (Wildman–Crippen LogP) is 3.41. The van der Waals surface area contributed by atoms with Gasteiger partial charge in [-0.25, -0.2) is 4.98 Å². The number of carbonyl (C=O) groups excluding carboxylic acids is 1. The predicted molar refractivity (Wildman–Crippen MR) is 95.2 cm³/mol.